The van der Waals surface area contributed by atoms with E-state index in [2.05, 4.69) is 21.2 Å². The lowest BCUT2D eigenvalue weighted by Crippen LogP contribution is -2.47. The summed E-state index contributed by atoms with van der Waals surface area (Å²) in [7, 11) is -4.11. The van der Waals surface area contributed by atoms with Gasteiger partial charge < -0.3 is 10.1 Å². The summed E-state index contributed by atoms with van der Waals surface area (Å²) in [5, 5.41) is 7.32. The van der Waals surface area contributed by atoms with Crippen LogP contribution in [-0.2, 0) is 47.7 Å². The van der Waals surface area contributed by atoms with Crippen LogP contribution in [0.25, 0.3) is 0 Å². The number of fused-ring (bicyclic) bond motifs is 3. The Morgan fingerprint density at radius 2 is 1.37 bits per heavy atom. The maximum atomic E-state index is 16.0. The highest BCUT2D eigenvalue weighted by Crippen LogP contribution is 2.47. The summed E-state index contributed by atoms with van der Waals surface area (Å²) in [5.41, 5.74) is 3.63. The van der Waals surface area contributed by atoms with Gasteiger partial charge in [-0.15, -0.1) is 0 Å². The Balaban J connectivity index is 1.34. The zero-order valence-corrected chi connectivity index (χ0v) is 29.4. The third-order valence-electron chi connectivity index (χ3n) is 10.6. The molecule has 2 aliphatic carbocycles. The van der Waals surface area contributed by atoms with Crippen LogP contribution in [0.5, 0.6) is 5.88 Å². The molecule has 2 heterocycles. The van der Waals surface area contributed by atoms with Crippen LogP contribution in [0.4, 0.5) is 23.7 Å². The van der Waals surface area contributed by atoms with Gasteiger partial charge in [0.05, 0.1) is 12.7 Å². The first-order chi connectivity index (χ1) is 25.0. The van der Waals surface area contributed by atoms with E-state index >= 15 is 4.21 Å². The summed E-state index contributed by atoms with van der Waals surface area (Å²) in [6.45, 7) is -0.218. The Morgan fingerprint density at radius 3 is 1.87 bits per heavy atom. The Kier molecular flexibility index (Phi) is 8.40. The van der Waals surface area contributed by atoms with Gasteiger partial charge in [0, 0.05) is 5.69 Å². The molecule has 0 spiro atoms. The first-order valence-corrected chi connectivity index (χ1v) is 19.0. The van der Waals surface area contributed by atoms with Crippen molar-refractivity contribution in [2.24, 2.45) is 9.78 Å². The van der Waals surface area contributed by atoms with Crippen molar-refractivity contribution in [1.82, 2.24) is 14.5 Å². The lowest BCUT2D eigenvalue weighted by atomic mass is 9.78. The average Bonchev–Trinajstić information content (AvgIpc) is 3.91. The minimum atomic E-state index is -4.58. The van der Waals surface area contributed by atoms with E-state index in [4.69, 9.17) is 9.10 Å². The van der Waals surface area contributed by atoms with Gasteiger partial charge in [0.15, 0.2) is 9.92 Å². The number of halogens is 3. The Morgan fingerprint density at radius 1 is 0.846 bits per heavy atom. The Hall–Kier alpha value is -5.10. The topological polar surface area (TPSA) is 97.6 Å². The number of hydrogen-bond donors (Lipinski definition) is 2. The second-order valence-corrected chi connectivity index (χ2v) is 15.9. The van der Waals surface area contributed by atoms with Crippen molar-refractivity contribution in [3.8, 4) is 5.88 Å². The second kappa shape index (κ2) is 12.8. The minimum absolute atomic E-state index is 0.123. The molecular formula is C40H38F3N5O3S. The fourth-order valence-electron chi connectivity index (χ4n) is 7.83. The van der Waals surface area contributed by atoms with Crippen LogP contribution in [0.1, 0.15) is 58.7 Å². The number of anilines is 1. The smallest absolute Gasteiger partial charge is 0.399 e. The average molecular weight is 726 g/mol. The number of aryl methyl sites for hydroxylation is 2. The van der Waals surface area contributed by atoms with Crippen LogP contribution in [0.3, 0.4) is 0 Å². The standard InChI is InChI=1S/C40H38F3N5O3S/c1-38(40(41,42)43)25-48-36(51-26-38)34(24-44-48)52(50,46-37(49)45-35-32-21-11-13-27(32)23-28-14-12-22-33(28)35)47-39(29-15-5-2-6-16-29,30-17-7-3-8-18-30)31-19-9-4-10-20-31/h2-10,15-20,23-24H,11-14,21-22,25-26H2,1H3,(H2,45,46,47,49,50)/t38-,52?/m0/s1. The number of nitrogens with one attached hydrogen (secondary N) is 2. The van der Waals surface area contributed by atoms with Crippen molar-refractivity contribution >= 4 is 21.6 Å². The molecule has 1 unspecified atom stereocenters. The number of nitrogens with zero attached hydrogens (tertiary/aromatic N) is 3. The van der Waals surface area contributed by atoms with Gasteiger partial charge in [0.2, 0.25) is 5.88 Å². The number of carbonyl (C=O) groups is 1. The molecule has 5 aromatic rings. The highest BCUT2D eigenvalue weighted by atomic mass is 32.2. The summed E-state index contributed by atoms with van der Waals surface area (Å²) in [4.78, 5) is 14.2. The van der Waals surface area contributed by atoms with E-state index in [1.54, 1.807) is 0 Å². The number of rotatable bonds is 7. The summed E-state index contributed by atoms with van der Waals surface area (Å²) < 4.78 is 73.3. The van der Waals surface area contributed by atoms with Crippen molar-refractivity contribution in [3.63, 3.8) is 0 Å². The monoisotopic (exact) mass is 725 g/mol. The van der Waals surface area contributed by atoms with E-state index in [9.17, 15) is 18.0 Å². The van der Waals surface area contributed by atoms with E-state index in [0.717, 1.165) is 66.9 Å². The van der Waals surface area contributed by atoms with Crippen LogP contribution < -0.4 is 14.8 Å². The fourth-order valence-corrected chi connectivity index (χ4v) is 9.68. The van der Waals surface area contributed by atoms with Gasteiger partial charge >= 0.3 is 12.2 Å². The van der Waals surface area contributed by atoms with Crippen LogP contribution in [0, 0.1) is 5.41 Å². The molecule has 0 saturated heterocycles. The van der Waals surface area contributed by atoms with E-state index in [1.165, 1.54) is 17.3 Å². The molecule has 1 aromatic heterocycles. The SMILES string of the molecule is C[C@@]1(C(F)(F)F)COc2c(S(=O)(=NC(c3ccccc3)(c3ccccc3)c3ccccc3)NC(=O)Nc3c4c(cc5c3CCC5)CCC4)cnn2C1. The Bertz CT molecular complexity index is 2140. The van der Waals surface area contributed by atoms with Crippen molar-refractivity contribution < 1.29 is 26.9 Å². The van der Waals surface area contributed by atoms with Gasteiger partial charge in [-0.05, 0) is 84.4 Å². The predicted molar refractivity (Wildman–Crippen MR) is 193 cm³/mol. The molecule has 0 bridgehead atoms. The lowest BCUT2D eigenvalue weighted by molar-refractivity contribution is -0.238. The third kappa shape index (κ3) is 5.73. The maximum absolute atomic E-state index is 16.0. The third-order valence-corrected chi connectivity index (χ3v) is 12.4. The summed E-state index contributed by atoms with van der Waals surface area (Å²) in [6, 6.07) is 29.5. The van der Waals surface area contributed by atoms with Gasteiger partial charge in [-0.3, -0.25) is 0 Å². The van der Waals surface area contributed by atoms with E-state index < -0.39 is 46.2 Å². The highest BCUT2D eigenvalue weighted by Gasteiger charge is 2.55. The Labute approximate surface area is 300 Å². The molecule has 2 N–H and O–H groups in total. The molecule has 1 aliphatic heterocycles. The predicted octanol–water partition coefficient (Wildman–Crippen LogP) is 8.38. The zero-order chi connectivity index (χ0) is 36.1. The first-order valence-electron chi connectivity index (χ1n) is 17.5. The van der Waals surface area contributed by atoms with Crippen molar-refractivity contribution in [3.05, 3.63) is 142 Å². The van der Waals surface area contributed by atoms with Gasteiger partial charge in [0.1, 0.15) is 22.5 Å². The molecule has 8 rings (SSSR count). The molecule has 0 saturated carbocycles. The molecule has 3 aliphatic rings. The number of amides is 2. The van der Waals surface area contributed by atoms with Gasteiger partial charge in [-0.2, -0.15) is 22.6 Å². The second-order valence-electron chi connectivity index (χ2n) is 14.0. The molecule has 12 heteroatoms. The van der Waals surface area contributed by atoms with Gasteiger partial charge in [0.25, 0.3) is 0 Å². The lowest BCUT2D eigenvalue weighted by Gasteiger charge is -2.36. The van der Waals surface area contributed by atoms with Crippen molar-refractivity contribution in [2.45, 2.75) is 68.6 Å². The first kappa shape index (κ1) is 34.0. The molecule has 8 nitrogen and oxygen atoms in total. The number of ether oxygens (including phenoxy) is 1. The summed E-state index contributed by atoms with van der Waals surface area (Å²) >= 11 is 0. The summed E-state index contributed by atoms with van der Waals surface area (Å²) in [6.07, 6.45) is 2.06. The fraction of sp³-hybridized carbons (Fsp3) is 0.300. The van der Waals surface area contributed by atoms with Crippen molar-refractivity contribution in [2.75, 3.05) is 11.9 Å². The van der Waals surface area contributed by atoms with Gasteiger partial charge in [-0.1, -0.05) is 97.1 Å². The maximum Gasteiger partial charge on any atom is 0.399 e. The van der Waals surface area contributed by atoms with Crippen LogP contribution in [0.15, 0.2) is 113 Å². The molecular weight excluding hydrogens is 688 g/mol. The van der Waals surface area contributed by atoms with Crippen LogP contribution in [-0.4, -0.2) is 32.8 Å². The number of aromatic nitrogens is 2. The largest absolute Gasteiger partial charge is 0.476 e. The number of urea groups is 1. The molecule has 4 aromatic carbocycles. The van der Waals surface area contributed by atoms with Crippen LogP contribution >= 0.6 is 0 Å². The van der Waals surface area contributed by atoms with E-state index in [-0.39, 0.29) is 10.8 Å². The normalized spacial score (nSPS) is 19.1. The summed E-state index contributed by atoms with van der Waals surface area (Å²) in [5.74, 6) is -0.139. The van der Waals surface area contributed by atoms with Gasteiger partial charge in [-0.25, -0.2) is 18.4 Å². The van der Waals surface area contributed by atoms with E-state index in [1.807, 2.05) is 91.0 Å². The molecule has 2 amide bonds. The number of carbonyl (C=O) groups excluding carboxylic acids is 1. The van der Waals surface area contributed by atoms with Crippen LogP contribution in [0.2, 0.25) is 0 Å². The van der Waals surface area contributed by atoms with E-state index in [0.29, 0.717) is 16.7 Å². The highest BCUT2D eigenvalue weighted by molar-refractivity contribution is 7.92. The zero-order valence-electron chi connectivity index (χ0n) is 28.6. The molecule has 2 atom stereocenters. The number of hydrogen-bond acceptors (Lipinski definition) is 5. The van der Waals surface area contributed by atoms with Crippen molar-refractivity contribution in [1.29, 1.82) is 0 Å². The number of alkyl halides is 3. The molecule has 268 valence electrons. The quantitative estimate of drug-likeness (QED) is 0.165. The molecule has 0 fully saturated rings. The number of benzene rings is 4. The minimum Gasteiger partial charge on any atom is -0.476 e. The molecule has 52 heavy (non-hydrogen) atoms. The molecule has 0 radical (unpaired) electrons.